The van der Waals surface area contributed by atoms with Gasteiger partial charge in [-0.3, -0.25) is 9.59 Å². The summed E-state index contributed by atoms with van der Waals surface area (Å²) in [6.07, 6.45) is 2.97. The summed E-state index contributed by atoms with van der Waals surface area (Å²) in [6.45, 7) is 11.4. The molecule has 9 heteroatoms. The van der Waals surface area contributed by atoms with Gasteiger partial charge in [-0.2, -0.15) is 25.2 Å². The zero-order chi connectivity index (χ0) is 21.7. The Balaban J connectivity index is -0.0000000807. The minimum Gasteiger partial charge on any atom is -0.679 e. The molecule has 162 valence electrons. The van der Waals surface area contributed by atoms with E-state index in [0.717, 1.165) is 25.7 Å². The number of carbonyl (C=O) groups is 2. The molecule has 0 aliphatic heterocycles. The van der Waals surface area contributed by atoms with Crippen LogP contribution >= 0.6 is 0 Å². The van der Waals surface area contributed by atoms with Gasteiger partial charge in [0.05, 0.1) is 11.8 Å². The minimum atomic E-state index is -0.671. The molecule has 0 aromatic carbocycles. The van der Waals surface area contributed by atoms with Gasteiger partial charge in [0.1, 0.15) is 0 Å². The van der Waals surface area contributed by atoms with E-state index in [2.05, 4.69) is 0 Å². The number of nitrogens with one attached hydrogen (secondary N) is 4. The predicted molar refractivity (Wildman–Crippen MR) is 109 cm³/mol. The molecule has 0 spiro atoms. The average Bonchev–Trinajstić information content (AvgIpc) is 2.58. The van der Waals surface area contributed by atoms with Crippen molar-refractivity contribution >= 4 is 11.9 Å². The summed E-state index contributed by atoms with van der Waals surface area (Å²) in [5.41, 5.74) is 26.2. The van der Waals surface area contributed by atoms with Crippen LogP contribution in [0.15, 0.2) is 0 Å². The van der Waals surface area contributed by atoms with Gasteiger partial charge in [-0.1, -0.05) is 41.5 Å². The van der Waals surface area contributed by atoms with Crippen LogP contribution < -0.4 is 0 Å². The topological polar surface area (TPSA) is 170 Å². The summed E-state index contributed by atoms with van der Waals surface area (Å²) in [5, 5.41) is 16.7. The Hall–Kier alpha value is -0.597. The van der Waals surface area contributed by atoms with Gasteiger partial charge >= 0.3 is 11.9 Å². The molecule has 0 rings (SSSR count). The fourth-order valence-corrected chi connectivity index (χ4v) is 1.28. The molecule has 0 saturated heterocycles. The first kappa shape index (κ1) is 37.2. The second kappa shape index (κ2) is 27.6. The van der Waals surface area contributed by atoms with Crippen LogP contribution in [0.5, 0.6) is 0 Å². The van der Waals surface area contributed by atoms with Crippen LogP contribution in [-0.4, -0.2) is 47.3 Å². The van der Waals surface area contributed by atoms with Crippen LogP contribution in [0.25, 0.3) is 22.9 Å². The van der Waals surface area contributed by atoms with Gasteiger partial charge in [-0.25, -0.2) is 0 Å². The number of aliphatic carboxylic acids is 2. The molecule has 0 saturated carbocycles. The van der Waals surface area contributed by atoms with Crippen molar-refractivity contribution in [1.29, 1.82) is 0 Å². The number of carboxylic acids is 2. The molecule has 2 unspecified atom stereocenters. The summed E-state index contributed by atoms with van der Waals surface area (Å²) in [4.78, 5) is 20.3. The van der Waals surface area contributed by atoms with Crippen molar-refractivity contribution in [1.82, 2.24) is 0 Å². The van der Waals surface area contributed by atoms with E-state index >= 15 is 0 Å². The van der Waals surface area contributed by atoms with Gasteiger partial charge in [0.25, 0.3) is 0 Å². The van der Waals surface area contributed by atoms with Crippen molar-refractivity contribution in [3.63, 3.8) is 0 Å². The molecule has 0 radical (unpaired) electrons. The number of carboxylic acid groups (broad SMARTS) is 2. The zero-order valence-corrected chi connectivity index (χ0v) is 20.9. The Morgan fingerprint density at radius 1 is 0.704 bits per heavy atom. The molecule has 6 N–H and O–H groups in total. The van der Waals surface area contributed by atoms with E-state index in [1.54, 1.807) is 13.8 Å². The van der Waals surface area contributed by atoms with Crippen molar-refractivity contribution in [3.05, 3.63) is 22.9 Å². The molecular weight excluding hydrogens is 402 g/mol. The van der Waals surface area contributed by atoms with Crippen molar-refractivity contribution in [2.75, 3.05) is 13.1 Å². The molecule has 0 amide bonds. The number of rotatable bonds is 8. The Morgan fingerprint density at radius 3 is 0.852 bits per heavy atom. The normalized spacial score (nSPS) is 11.4. The second-order valence-corrected chi connectivity index (χ2v) is 5.91. The summed E-state index contributed by atoms with van der Waals surface area (Å²) in [6, 6.07) is -0.398. The van der Waals surface area contributed by atoms with Crippen molar-refractivity contribution in [3.8, 4) is 0 Å². The van der Waals surface area contributed by atoms with Crippen LogP contribution in [0.2, 0.25) is 0 Å². The monoisotopic (exact) mass is 440 g/mol. The van der Waals surface area contributed by atoms with E-state index in [-0.39, 0.29) is 56.5 Å². The number of hydrogen-bond acceptors (Lipinski definition) is 2. The van der Waals surface area contributed by atoms with E-state index in [4.69, 9.17) is 33.1 Å². The Bertz CT molecular complexity index is 282. The van der Waals surface area contributed by atoms with E-state index < -0.39 is 11.9 Å². The van der Waals surface area contributed by atoms with Gasteiger partial charge in [0.15, 0.2) is 0 Å². The van der Waals surface area contributed by atoms with E-state index in [0.29, 0.717) is 0 Å². The fraction of sp³-hybridized carbons (Fsp3) is 0.889. The predicted octanol–water partition coefficient (Wildman–Crippen LogP) is 5.97. The molecule has 0 aromatic heterocycles. The Morgan fingerprint density at radius 2 is 0.852 bits per heavy atom. The van der Waals surface area contributed by atoms with Gasteiger partial charge in [-0.15, -0.1) is 0 Å². The maximum Gasteiger partial charge on any atom is 0.306 e. The van der Waals surface area contributed by atoms with Crippen LogP contribution in [0.3, 0.4) is 0 Å². The first-order chi connectivity index (χ1) is 12.0. The standard InChI is InChI=1S/2C6H12O2.2C3H8N2.Zn/c2*1-3-5(4-2)6(7)8;2*1-3(5)2-4;/h2*5H,3-4H2,1-2H3,(H,7,8);2*3-5H,2H2,1H3;/q;;2*-2;. The third-order valence-electron chi connectivity index (χ3n) is 3.28. The smallest absolute Gasteiger partial charge is 0.306 e. The van der Waals surface area contributed by atoms with E-state index in [1.165, 1.54) is 0 Å². The first-order valence-corrected chi connectivity index (χ1v) is 9.15. The van der Waals surface area contributed by atoms with E-state index in [9.17, 15) is 9.59 Å². The van der Waals surface area contributed by atoms with Crippen LogP contribution in [0.4, 0.5) is 0 Å². The average molecular weight is 442 g/mol. The largest absolute Gasteiger partial charge is 0.679 e. The zero-order valence-electron chi connectivity index (χ0n) is 18.0. The first-order valence-electron chi connectivity index (χ1n) is 9.15. The third kappa shape index (κ3) is 37.0. The van der Waals surface area contributed by atoms with Crippen molar-refractivity contribution in [2.45, 2.75) is 79.3 Å². The van der Waals surface area contributed by atoms with Crippen LogP contribution in [0, 0.1) is 11.8 Å². The van der Waals surface area contributed by atoms with Gasteiger partial charge in [-0.05, 0) is 25.7 Å². The van der Waals surface area contributed by atoms with E-state index in [1.807, 2.05) is 27.7 Å². The molecule has 0 fully saturated rings. The maximum absolute atomic E-state index is 10.2. The Labute approximate surface area is 178 Å². The van der Waals surface area contributed by atoms with Crippen molar-refractivity contribution < 1.29 is 39.3 Å². The molecule has 0 aromatic rings. The minimum absolute atomic E-state index is 0. The van der Waals surface area contributed by atoms with Gasteiger partial charge in [0, 0.05) is 19.5 Å². The molecule has 0 aliphatic rings. The summed E-state index contributed by atoms with van der Waals surface area (Å²) in [5.74, 6) is -1.60. The molecule has 0 bridgehead atoms. The van der Waals surface area contributed by atoms with Gasteiger partial charge < -0.3 is 33.1 Å². The van der Waals surface area contributed by atoms with Gasteiger partial charge in [0.2, 0.25) is 0 Å². The third-order valence-corrected chi connectivity index (χ3v) is 3.28. The van der Waals surface area contributed by atoms with Crippen LogP contribution in [0.1, 0.15) is 67.2 Å². The van der Waals surface area contributed by atoms with Crippen LogP contribution in [-0.2, 0) is 29.1 Å². The molecule has 2 atom stereocenters. The fourth-order valence-electron chi connectivity index (χ4n) is 1.28. The Kier molecular flexibility index (Phi) is 38.0. The summed E-state index contributed by atoms with van der Waals surface area (Å²) >= 11 is 0. The molecule has 0 aliphatic carbocycles. The molecule has 0 heterocycles. The summed E-state index contributed by atoms with van der Waals surface area (Å²) < 4.78 is 0. The number of hydrogen-bond donors (Lipinski definition) is 2. The quantitative estimate of drug-likeness (QED) is 0.442. The molecule has 8 nitrogen and oxygen atoms in total. The summed E-state index contributed by atoms with van der Waals surface area (Å²) in [7, 11) is 0. The maximum atomic E-state index is 10.2. The van der Waals surface area contributed by atoms with Crippen molar-refractivity contribution in [2.24, 2.45) is 11.8 Å². The second-order valence-electron chi connectivity index (χ2n) is 5.91. The molecule has 27 heavy (non-hydrogen) atoms. The molecular formula is C18H40N4O4Zn-4. The SMILES string of the molecule is CC([NH-])C[NH-].CC([NH-])C[NH-].CCC(CC)C(=O)O.CCC(CC)C(=O)O.[Zn].